The lowest BCUT2D eigenvalue weighted by Crippen LogP contribution is -2.45. The molecular formula is C18H16BrClFNO3. The van der Waals surface area contributed by atoms with Crippen LogP contribution < -0.4 is 4.90 Å². The summed E-state index contributed by atoms with van der Waals surface area (Å²) in [6.07, 6.45) is -1.15. The van der Waals surface area contributed by atoms with Crippen LogP contribution in [0, 0.1) is 5.82 Å². The molecule has 0 unspecified atom stereocenters. The second-order valence-corrected chi connectivity index (χ2v) is 7.67. The summed E-state index contributed by atoms with van der Waals surface area (Å²) < 4.78 is 13.4. The second kappa shape index (κ2) is 7.14. The van der Waals surface area contributed by atoms with Crippen LogP contribution in [-0.2, 0) is 0 Å². The van der Waals surface area contributed by atoms with Gasteiger partial charge in [0.15, 0.2) is 5.78 Å². The Kier molecular flexibility index (Phi) is 5.54. The number of rotatable bonds is 3. The van der Waals surface area contributed by atoms with Crippen LogP contribution >= 0.6 is 27.5 Å². The number of carbonyl (C=O) groups excluding carboxylic acids is 1. The van der Waals surface area contributed by atoms with E-state index in [1.54, 1.807) is 20.8 Å². The molecule has 0 aromatic heterocycles. The Morgan fingerprint density at radius 1 is 1.16 bits per heavy atom. The fraction of sp³-hybridized carbons (Fsp3) is 0.222. The van der Waals surface area contributed by atoms with Gasteiger partial charge in [-0.15, -0.1) is 0 Å². The zero-order valence-electron chi connectivity index (χ0n) is 13.8. The highest BCUT2D eigenvalue weighted by Crippen LogP contribution is 2.36. The average Bonchev–Trinajstić information content (AvgIpc) is 2.49. The van der Waals surface area contributed by atoms with Crippen LogP contribution in [0.3, 0.4) is 0 Å². The van der Waals surface area contributed by atoms with Gasteiger partial charge in [-0.1, -0.05) is 11.6 Å². The van der Waals surface area contributed by atoms with Crippen LogP contribution in [-0.4, -0.2) is 22.5 Å². The number of amides is 1. The first-order chi connectivity index (χ1) is 11.5. The maximum absolute atomic E-state index is 13.0. The van der Waals surface area contributed by atoms with Gasteiger partial charge in [0.2, 0.25) is 0 Å². The Labute approximate surface area is 158 Å². The molecule has 2 aromatic rings. The summed E-state index contributed by atoms with van der Waals surface area (Å²) in [6, 6.07) is 8.06. The zero-order valence-corrected chi connectivity index (χ0v) is 16.2. The van der Waals surface area contributed by atoms with Crippen LogP contribution in [0.15, 0.2) is 40.9 Å². The normalized spacial score (nSPS) is 11.3. The molecule has 0 atom stereocenters. The minimum atomic E-state index is -1.15. The molecule has 0 radical (unpaired) electrons. The molecule has 0 aliphatic heterocycles. The van der Waals surface area contributed by atoms with Crippen molar-refractivity contribution >= 4 is 45.1 Å². The Morgan fingerprint density at radius 2 is 1.72 bits per heavy atom. The summed E-state index contributed by atoms with van der Waals surface area (Å²) in [5, 5.41) is 9.64. The first kappa shape index (κ1) is 19.4. The second-order valence-electron chi connectivity index (χ2n) is 6.41. The summed E-state index contributed by atoms with van der Waals surface area (Å²) >= 11 is 9.57. The topological polar surface area (TPSA) is 57.6 Å². The maximum Gasteiger partial charge on any atom is 0.412 e. The molecule has 25 heavy (non-hydrogen) atoms. The summed E-state index contributed by atoms with van der Waals surface area (Å²) in [5.74, 6) is -0.788. The molecule has 2 rings (SSSR count). The van der Waals surface area contributed by atoms with E-state index in [1.165, 1.54) is 36.4 Å². The largest absolute Gasteiger partial charge is 0.465 e. The van der Waals surface area contributed by atoms with Crippen molar-refractivity contribution < 1.29 is 19.1 Å². The van der Waals surface area contributed by atoms with E-state index in [9.17, 15) is 19.1 Å². The quantitative estimate of drug-likeness (QED) is 0.633. The van der Waals surface area contributed by atoms with Crippen molar-refractivity contribution in [1.82, 2.24) is 0 Å². The van der Waals surface area contributed by atoms with Crippen LogP contribution in [0.1, 0.15) is 36.7 Å². The minimum absolute atomic E-state index is 0.131. The molecule has 0 aliphatic rings. The van der Waals surface area contributed by atoms with E-state index in [-0.39, 0.29) is 22.1 Å². The molecular weight excluding hydrogens is 413 g/mol. The number of benzene rings is 2. The van der Waals surface area contributed by atoms with Crippen LogP contribution in [0.4, 0.5) is 14.9 Å². The molecule has 0 heterocycles. The van der Waals surface area contributed by atoms with Crippen molar-refractivity contribution in [3.05, 3.63) is 62.8 Å². The summed E-state index contributed by atoms with van der Waals surface area (Å²) in [4.78, 5) is 25.4. The highest BCUT2D eigenvalue weighted by molar-refractivity contribution is 9.10. The third kappa shape index (κ3) is 4.19. The average molecular weight is 429 g/mol. The lowest BCUT2D eigenvalue weighted by molar-refractivity contribution is 0.103. The molecule has 0 bridgehead atoms. The van der Waals surface area contributed by atoms with Gasteiger partial charge in [-0.05, 0) is 73.1 Å². The number of nitrogens with zero attached hydrogens (tertiary/aromatic N) is 1. The van der Waals surface area contributed by atoms with Crippen molar-refractivity contribution in [1.29, 1.82) is 0 Å². The molecule has 132 valence electrons. The number of carbonyl (C=O) groups is 2. The van der Waals surface area contributed by atoms with Crippen molar-refractivity contribution in [3.63, 3.8) is 0 Å². The molecule has 0 fully saturated rings. The van der Waals surface area contributed by atoms with Crippen molar-refractivity contribution in [2.45, 2.75) is 26.3 Å². The summed E-state index contributed by atoms with van der Waals surface area (Å²) in [7, 11) is 0. The minimum Gasteiger partial charge on any atom is -0.465 e. The molecule has 1 N–H and O–H groups in total. The van der Waals surface area contributed by atoms with Crippen molar-refractivity contribution in [2.24, 2.45) is 0 Å². The fourth-order valence-electron chi connectivity index (χ4n) is 2.39. The first-order valence-corrected chi connectivity index (χ1v) is 8.52. The van der Waals surface area contributed by atoms with Gasteiger partial charge >= 0.3 is 6.09 Å². The molecule has 0 saturated heterocycles. The molecule has 7 heteroatoms. The molecule has 0 aliphatic carbocycles. The summed E-state index contributed by atoms with van der Waals surface area (Å²) in [6.45, 7) is 5.22. The molecule has 0 spiro atoms. The van der Waals surface area contributed by atoms with E-state index in [0.717, 1.165) is 4.90 Å². The third-order valence-electron chi connectivity index (χ3n) is 3.49. The van der Waals surface area contributed by atoms with E-state index in [4.69, 9.17) is 11.6 Å². The van der Waals surface area contributed by atoms with Crippen molar-refractivity contribution in [2.75, 3.05) is 4.90 Å². The van der Waals surface area contributed by atoms with E-state index in [0.29, 0.717) is 10.0 Å². The Bertz CT molecular complexity index is 831. The van der Waals surface area contributed by atoms with Crippen LogP contribution in [0.25, 0.3) is 0 Å². The number of carboxylic acid groups (broad SMARTS) is 1. The lowest BCUT2D eigenvalue weighted by atomic mass is 10.0. The maximum atomic E-state index is 13.0. The van der Waals surface area contributed by atoms with Gasteiger partial charge in [-0.2, -0.15) is 0 Å². The number of halogens is 3. The highest BCUT2D eigenvalue weighted by atomic mass is 79.9. The lowest BCUT2D eigenvalue weighted by Gasteiger charge is -2.34. The fourth-order valence-corrected chi connectivity index (χ4v) is 3.15. The van der Waals surface area contributed by atoms with Gasteiger partial charge < -0.3 is 5.11 Å². The standard InChI is InChI=1S/C18H16BrClFNO3/c1-18(2,3)22(17(24)25)15-9-13(19)12(8-14(15)20)16(23)10-4-6-11(21)7-5-10/h4-9H,1-3H3,(H,24,25). The van der Waals surface area contributed by atoms with Gasteiger partial charge in [0.05, 0.1) is 10.7 Å². The van der Waals surface area contributed by atoms with Gasteiger partial charge in [0.1, 0.15) is 5.82 Å². The van der Waals surface area contributed by atoms with Crippen LogP contribution in [0.5, 0.6) is 0 Å². The van der Waals surface area contributed by atoms with Gasteiger partial charge in [0, 0.05) is 21.1 Å². The number of hydrogen-bond acceptors (Lipinski definition) is 2. The molecule has 2 aromatic carbocycles. The van der Waals surface area contributed by atoms with Gasteiger partial charge in [-0.25, -0.2) is 9.18 Å². The third-order valence-corrected chi connectivity index (χ3v) is 4.45. The molecule has 0 saturated carbocycles. The van der Waals surface area contributed by atoms with E-state index < -0.39 is 17.4 Å². The Balaban J connectivity index is 2.51. The SMILES string of the molecule is CC(C)(C)N(C(=O)O)c1cc(Br)c(C(=O)c2ccc(F)cc2)cc1Cl. The molecule has 1 amide bonds. The van der Waals surface area contributed by atoms with Crippen LogP contribution in [0.2, 0.25) is 5.02 Å². The highest BCUT2D eigenvalue weighted by Gasteiger charge is 2.30. The van der Waals surface area contributed by atoms with E-state index in [1.807, 2.05) is 0 Å². The zero-order chi connectivity index (χ0) is 18.9. The monoisotopic (exact) mass is 427 g/mol. The number of ketones is 1. The van der Waals surface area contributed by atoms with E-state index >= 15 is 0 Å². The Hall–Kier alpha value is -1.92. The Morgan fingerprint density at radius 3 is 2.20 bits per heavy atom. The summed E-state index contributed by atoms with van der Waals surface area (Å²) in [5.41, 5.74) is 0.109. The van der Waals surface area contributed by atoms with E-state index in [2.05, 4.69) is 15.9 Å². The van der Waals surface area contributed by atoms with Crippen molar-refractivity contribution in [3.8, 4) is 0 Å². The predicted octanol–water partition coefficient (Wildman–Crippen LogP) is 5.76. The van der Waals surface area contributed by atoms with Gasteiger partial charge in [-0.3, -0.25) is 9.69 Å². The smallest absolute Gasteiger partial charge is 0.412 e. The number of hydrogen-bond donors (Lipinski definition) is 1. The molecule has 4 nitrogen and oxygen atoms in total. The van der Waals surface area contributed by atoms with Gasteiger partial charge in [0.25, 0.3) is 0 Å². The number of anilines is 1. The first-order valence-electron chi connectivity index (χ1n) is 7.35. The predicted molar refractivity (Wildman–Crippen MR) is 99.2 cm³/mol.